The molecule has 1 aliphatic rings. The van der Waals surface area contributed by atoms with Crippen molar-refractivity contribution in [2.45, 2.75) is 32.7 Å². The maximum absolute atomic E-state index is 12.0. The van der Waals surface area contributed by atoms with E-state index in [4.69, 9.17) is 5.11 Å². The molecule has 0 spiro atoms. The molecule has 2 amide bonds. The molecule has 112 valence electrons. The molecule has 0 radical (unpaired) electrons. The largest absolute Gasteiger partial charge is 0.480 e. The van der Waals surface area contributed by atoms with Gasteiger partial charge in [0.1, 0.15) is 6.04 Å². The van der Waals surface area contributed by atoms with Crippen LogP contribution in [0.4, 0.5) is 0 Å². The molecule has 1 saturated heterocycles. The van der Waals surface area contributed by atoms with Crippen molar-refractivity contribution >= 4 is 17.8 Å². The summed E-state index contributed by atoms with van der Waals surface area (Å²) < 4.78 is 0. The number of rotatable bonds is 7. The van der Waals surface area contributed by atoms with Crippen molar-refractivity contribution < 1.29 is 19.5 Å². The van der Waals surface area contributed by atoms with Crippen molar-refractivity contribution in [3.63, 3.8) is 0 Å². The molecule has 2 atom stereocenters. The molecule has 0 saturated carbocycles. The van der Waals surface area contributed by atoms with Gasteiger partial charge in [-0.25, -0.2) is 4.79 Å². The number of nitrogens with one attached hydrogen (secondary N) is 1. The Hall–Kier alpha value is -1.85. The van der Waals surface area contributed by atoms with Crippen LogP contribution in [0.5, 0.6) is 0 Å². The third-order valence-electron chi connectivity index (χ3n) is 3.19. The van der Waals surface area contributed by atoms with E-state index in [1.54, 1.807) is 4.90 Å². The van der Waals surface area contributed by atoms with E-state index in [9.17, 15) is 14.4 Å². The molecular weight excluding hydrogens is 260 g/mol. The molecule has 6 heteroatoms. The maximum Gasteiger partial charge on any atom is 0.326 e. The first kappa shape index (κ1) is 16.2. The second kappa shape index (κ2) is 7.07. The Kier molecular flexibility index (Phi) is 5.73. The third-order valence-corrected chi connectivity index (χ3v) is 3.19. The minimum Gasteiger partial charge on any atom is -0.480 e. The molecule has 6 nitrogen and oxygen atoms in total. The van der Waals surface area contributed by atoms with Crippen LogP contribution in [0.2, 0.25) is 0 Å². The lowest BCUT2D eigenvalue weighted by atomic mass is 10.1. The quantitative estimate of drug-likeness (QED) is 0.671. The Morgan fingerprint density at radius 3 is 2.70 bits per heavy atom. The van der Waals surface area contributed by atoms with Crippen molar-refractivity contribution in [2.75, 3.05) is 13.1 Å². The first-order chi connectivity index (χ1) is 9.35. The third kappa shape index (κ3) is 4.36. The van der Waals surface area contributed by atoms with E-state index in [0.717, 1.165) is 0 Å². The van der Waals surface area contributed by atoms with Crippen molar-refractivity contribution in [2.24, 2.45) is 11.8 Å². The maximum atomic E-state index is 12.0. The molecule has 20 heavy (non-hydrogen) atoms. The van der Waals surface area contributed by atoms with Gasteiger partial charge in [-0.1, -0.05) is 19.9 Å². The number of carbonyl (C=O) groups excluding carboxylic acids is 2. The minimum atomic E-state index is -1.10. The first-order valence-electron chi connectivity index (χ1n) is 6.77. The summed E-state index contributed by atoms with van der Waals surface area (Å²) in [4.78, 5) is 36.4. The number of hydrogen-bond acceptors (Lipinski definition) is 3. The zero-order valence-corrected chi connectivity index (χ0v) is 12.0. The number of carbonyl (C=O) groups is 3. The summed E-state index contributed by atoms with van der Waals surface area (Å²) in [6.07, 6.45) is 1.76. The molecule has 1 heterocycles. The van der Waals surface area contributed by atoms with Gasteiger partial charge in [0.2, 0.25) is 11.8 Å². The number of aliphatic carboxylic acids is 1. The van der Waals surface area contributed by atoms with Crippen molar-refractivity contribution in [3.8, 4) is 0 Å². The smallest absolute Gasteiger partial charge is 0.326 e. The highest BCUT2D eigenvalue weighted by molar-refractivity contribution is 5.91. The van der Waals surface area contributed by atoms with Crippen molar-refractivity contribution in [1.82, 2.24) is 10.2 Å². The lowest BCUT2D eigenvalue weighted by Gasteiger charge is -2.19. The van der Waals surface area contributed by atoms with Crippen molar-refractivity contribution in [3.05, 3.63) is 12.7 Å². The SMILES string of the molecule is C=CCC(NC(=O)C1CC(=O)N(CC(C)C)C1)C(=O)O. The van der Waals surface area contributed by atoms with Crippen LogP contribution in [-0.2, 0) is 14.4 Å². The Balaban J connectivity index is 2.58. The molecule has 2 N–H and O–H groups in total. The first-order valence-corrected chi connectivity index (χ1v) is 6.77. The van der Waals surface area contributed by atoms with Crippen LogP contribution < -0.4 is 5.32 Å². The number of carboxylic acids is 1. The normalized spacial score (nSPS) is 20.1. The highest BCUT2D eigenvalue weighted by atomic mass is 16.4. The number of carboxylic acid groups (broad SMARTS) is 1. The Morgan fingerprint density at radius 1 is 1.55 bits per heavy atom. The summed E-state index contributed by atoms with van der Waals surface area (Å²) in [7, 11) is 0. The molecule has 0 bridgehead atoms. The Labute approximate surface area is 118 Å². The lowest BCUT2D eigenvalue weighted by Crippen LogP contribution is -2.44. The molecular formula is C14H22N2O4. The number of nitrogens with zero attached hydrogens (tertiary/aromatic N) is 1. The van der Waals surface area contributed by atoms with E-state index in [0.29, 0.717) is 19.0 Å². The Morgan fingerprint density at radius 2 is 2.20 bits per heavy atom. The average Bonchev–Trinajstić information content (AvgIpc) is 2.69. The average molecular weight is 282 g/mol. The molecule has 0 aromatic rings. The lowest BCUT2D eigenvalue weighted by molar-refractivity contribution is -0.142. The van der Waals surface area contributed by atoms with Gasteiger partial charge in [0, 0.05) is 19.5 Å². The van der Waals surface area contributed by atoms with Crippen LogP contribution in [0.3, 0.4) is 0 Å². The van der Waals surface area contributed by atoms with Gasteiger partial charge >= 0.3 is 5.97 Å². The van der Waals surface area contributed by atoms with Gasteiger partial charge in [-0.15, -0.1) is 6.58 Å². The Bertz CT molecular complexity index is 406. The second-order valence-electron chi connectivity index (χ2n) is 5.52. The number of hydrogen-bond donors (Lipinski definition) is 2. The summed E-state index contributed by atoms with van der Waals surface area (Å²) in [5, 5.41) is 11.4. The summed E-state index contributed by atoms with van der Waals surface area (Å²) in [6, 6.07) is -0.978. The van der Waals surface area contributed by atoms with Gasteiger partial charge in [-0.3, -0.25) is 9.59 Å². The van der Waals surface area contributed by atoms with E-state index in [-0.39, 0.29) is 24.7 Å². The van der Waals surface area contributed by atoms with Crippen LogP contribution in [-0.4, -0.2) is 46.9 Å². The molecule has 2 unspecified atom stereocenters. The van der Waals surface area contributed by atoms with Crippen LogP contribution in [0.1, 0.15) is 26.7 Å². The van der Waals surface area contributed by atoms with Crippen LogP contribution in [0.15, 0.2) is 12.7 Å². The fraction of sp³-hybridized carbons (Fsp3) is 0.643. The van der Waals surface area contributed by atoms with Gasteiger partial charge < -0.3 is 15.3 Å². The van der Waals surface area contributed by atoms with Gasteiger partial charge in [0.15, 0.2) is 0 Å². The second-order valence-corrected chi connectivity index (χ2v) is 5.52. The standard InChI is InChI=1S/C14H22N2O4/c1-4-5-11(14(19)20)15-13(18)10-6-12(17)16(8-10)7-9(2)3/h4,9-11H,1,5-8H2,2-3H3,(H,15,18)(H,19,20). The van der Waals surface area contributed by atoms with Gasteiger partial charge in [0.05, 0.1) is 5.92 Å². The van der Waals surface area contributed by atoms with E-state index in [2.05, 4.69) is 11.9 Å². The summed E-state index contributed by atoms with van der Waals surface area (Å²) >= 11 is 0. The molecule has 1 aliphatic heterocycles. The minimum absolute atomic E-state index is 0.0468. The van der Waals surface area contributed by atoms with Gasteiger partial charge in [-0.05, 0) is 12.3 Å². The predicted octanol–water partition coefficient (Wildman–Crippen LogP) is 0.636. The topological polar surface area (TPSA) is 86.7 Å². The van der Waals surface area contributed by atoms with Crippen LogP contribution in [0, 0.1) is 11.8 Å². The number of amides is 2. The summed E-state index contributed by atoms with van der Waals surface area (Å²) in [6.45, 7) is 8.46. The zero-order valence-electron chi connectivity index (χ0n) is 12.0. The molecule has 1 rings (SSSR count). The summed E-state index contributed by atoms with van der Waals surface area (Å²) in [5.74, 6) is -1.64. The van der Waals surface area contributed by atoms with E-state index in [1.165, 1.54) is 6.08 Å². The van der Waals surface area contributed by atoms with Crippen LogP contribution >= 0.6 is 0 Å². The molecule has 0 aromatic carbocycles. The molecule has 0 aromatic heterocycles. The monoisotopic (exact) mass is 282 g/mol. The molecule has 0 aliphatic carbocycles. The highest BCUT2D eigenvalue weighted by Gasteiger charge is 2.35. The highest BCUT2D eigenvalue weighted by Crippen LogP contribution is 2.19. The summed E-state index contributed by atoms with van der Waals surface area (Å²) in [5.41, 5.74) is 0. The van der Waals surface area contributed by atoms with Gasteiger partial charge in [0.25, 0.3) is 0 Å². The fourth-order valence-electron chi connectivity index (χ4n) is 2.24. The fourth-order valence-corrected chi connectivity index (χ4v) is 2.24. The van der Waals surface area contributed by atoms with E-state index >= 15 is 0 Å². The number of likely N-dealkylation sites (tertiary alicyclic amines) is 1. The van der Waals surface area contributed by atoms with Gasteiger partial charge in [-0.2, -0.15) is 0 Å². The van der Waals surface area contributed by atoms with Crippen LogP contribution in [0.25, 0.3) is 0 Å². The van der Waals surface area contributed by atoms with Crippen molar-refractivity contribution in [1.29, 1.82) is 0 Å². The molecule has 1 fully saturated rings. The van der Waals surface area contributed by atoms with E-state index < -0.39 is 17.9 Å². The predicted molar refractivity (Wildman–Crippen MR) is 73.9 cm³/mol. The van der Waals surface area contributed by atoms with E-state index in [1.807, 2.05) is 13.8 Å². The zero-order chi connectivity index (χ0) is 15.3.